The zero-order chi connectivity index (χ0) is 13.7. The summed E-state index contributed by atoms with van der Waals surface area (Å²) in [5.74, 6) is -2.11. The van der Waals surface area contributed by atoms with Crippen molar-refractivity contribution in [1.29, 1.82) is 0 Å². The SMILES string of the molecule is COC(=O)C(C(=O)OC)c1ccc(OC)c(Cl)c1. The molecule has 0 aromatic heterocycles. The van der Waals surface area contributed by atoms with Crippen LogP contribution >= 0.6 is 11.6 Å². The number of rotatable bonds is 4. The second-order valence-electron chi connectivity index (χ2n) is 3.37. The highest BCUT2D eigenvalue weighted by Gasteiger charge is 2.31. The van der Waals surface area contributed by atoms with Gasteiger partial charge in [-0.2, -0.15) is 0 Å². The third kappa shape index (κ3) is 2.92. The van der Waals surface area contributed by atoms with Crippen LogP contribution in [0.25, 0.3) is 0 Å². The Labute approximate surface area is 110 Å². The normalized spacial score (nSPS) is 10.1. The summed E-state index contributed by atoms with van der Waals surface area (Å²) in [5, 5.41) is 0.299. The highest BCUT2D eigenvalue weighted by Crippen LogP contribution is 2.29. The summed E-state index contributed by atoms with van der Waals surface area (Å²) in [4.78, 5) is 23.2. The van der Waals surface area contributed by atoms with Crippen LogP contribution in [0, 0.1) is 0 Å². The van der Waals surface area contributed by atoms with Gasteiger partial charge in [-0.05, 0) is 17.7 Å². The first-order valence-corrected chi connectivity index (χ1v) is 5.42. The number of hydrogen-bond donors (Lipinski definition) is 0. The molecule has 18 heavy (non-hydrogen) atoms. The Kier molecular flexibility index (Phi) is 4.97. The lowest BCUT2D eigenvalue weighted by Gasteiger charge is -2.13. The van der Waals surface area contributed by atoms with E-state index in [2.05, 4.69) is 9.47 Å². The third-order valence-electron chi connectivity index (χ3n) is 2.38. The maximum Gasteiger partial charge on any atom is 0.324 e. The fourth-order valence-electron chi connectivity index (χ4n) is 1.47. The molecule has 0 spiro atoms. The van der Waals surface area contributed by atoms with Crippen molar-refractivity contribution in [2.24, 2.45) is 0 Å². The Morgan fingerprint density at radius 2 is 1.67 bits per heavy atom. The number of carbonyl (C=O) groups is 2. The Balaban J connectivity index is 3.17. The molecule has 1 aromatic carbocycles. The van der Waals surface area contributed by atoms with Crippen molar-refractivity contribution in [2.75, 3.05) is 21.3 Å². The number of carbonyl (C=O) groups excluding carboxylic acids is 2. The molecular formula is C12H13ClO5. The van der Waals surface area contributed by atoms with Crippen LogP contribution in [0.4, 0.5) is 0 Å². The van der Waals surface area contributed by atoms with Gasteiger partial charge >= 0.3 is 11.9 Å². The van der Waals surface area contributed by atoms with Crippen LogP contribution in [-0.4, -0.2) is 33.3 Å². The molecule has 0 unspecified atom stereocenters. The van der Waals surface area contributed by atoms with Gasteiger partial charge in [0.05, 0.1) is 26.4 Å². The maximum absolute atomic E-state index is 11.6. The lowest BCUT2D eigenvalue weighted by Crippen LogP contribution is -2.24. The van der Waals surface area contributed by atoms with E-state index in [1.54, 1.807) is 12.1 Å². The molecule has 0 fully saturated rings. The highest BCUT2D eigenvalue weighted by molar-refractivity contribution is 6.32. The van der Waals surface area contributed by atoms with Gasteiger partial charge in [0.25, 0.3) is 0 Å². The molecule has 6 heteroatoms. The molecule has 0 amide bonds. The van der Waals surface area contributed by atoms with Crippen LogP contribution in [0.5, 0.6) is 5.75 Å². The van der Waals surface area contributed by atoms with Crippen LogP contribution in [-0.2, 0) is 19.1 Å². The highest BCUT2D eigenvalue weighted by atomic mass is 35.5. The Hall–Kier alpha value is -1.75. The van der Waals surface area contributed by atoms with Gasteiger partial charge < -0.3 is 14.2 Å². The molecule has 0 saturated carbocycles. The first kappa shape index (κ1) is 14.3. The van der Waals surface area contributed by atoms with Gasteiger partial charge in [-0.1, -0.05) is 17.7 Å². The van der Waals surface area contributed by atoms with E-state index in [4.69, 9.17) is 16.3 Å². The van der Waals surface area contributed by atoms with Crippen molar-refractivity contribution in [3.05, 3.63) is 28.8 Å². The van der Waals surface area contributed by atoms with E-state index in [1.807, 2.05) is 0 Å². The molecule has 5 nitrogen and oxygen atoms in total. The van der Waals surface area contributed by atoms with E-state index in [-0.39, 0.29) is 0 Å². The molecule has 0 aliphatic carbocycles. The minimum Gasteiger partial charge on any atom is -0.495 e. The van der Waals surface area contributed by atoms with E-state index in [1.165, 1.54) is 27.4 Å². The minimum atomic E-state index is -1.15. The Morgan fingerprint density at radius 1 is 1.11 bits per heavy atom. The lowest BCUT2D eigenvalue weighted by molar-refractivity contribution is -0.154. The number of halogens is 1. The molecule has 0 aliphatic heterocycles. The van der Waals surface area contributed by atoms with E-state index >= 15 is 0 Å². The average molecular weight is 273 g/mol. The Bertz CT molecular complexity index is 442. The molecule has 1 rings (SSSR count). The Morgan fingerprint density at radius 3 is 2.06 bits per heavy atom. The molecule has 0 bridgehead atoms. The van der Waals surface area contributed by atoms with Gasteiger partial charge in [-0.15, -0.1) is 0 Å². The van der Waals surface area contributed by atoms with Gasteiger partial charge in [0.1, 0.15) is 5.75 Å². The third-order valence-corrected chi connectivity index (χ3v) is 2.68. The van der Waals surface area contributed by atoms with E-state index in [0.717, 1.165) is 0 Å². The van der Waals surface area contributed by atoms with Crippen molar-refractivity contribution in [3.63, 3.8) is 0 Å². The van der Waals surface area contributed by atoms with Crippen molar-refractivity contribution < 1.29 is 23.8 Å². The molecule has 98 valence electrons. The van der Waals surface area contributed by atoms with Gasteiger partial charge in [0.15, 0.2) is 5.92 Å². The first-order chi connectivity index (χ1) is 8.54. The van der Waals surface area contributed by atoms with Crippen molar-refractivity contribution in [1.82, 2.24) is 0 Å². The fraction of sp³-hybridized carbons (Fsp3) is 0.333. The zero-order valence-electron chi connectivity index (χ0n) is 10.2. The number of ether oxygens (including phenoxy) is 3. The number of hydrogen-bond acceptors (Lipinski definition) is 5. The van der Waals surface area contributed by atoms with Gasteiger partial charge in [0.2, 0.25) is 0 Å². The van der Waals surface area contributed by atoms with Crippen molar-refractivity contribution in [2.45, 2.75) is 5.92 Å². The smallest absolute Gasteiger partial charge is 0.324 e. The summed E-state index contributed by atoms with van der Waals surface area (Å²) < 4.78 is 14.1. The monoisotopic (exact) mass is 272 g/mol. The molecule has 0 saturated heterocycles. The van der Waals surface area contributed by atoms with Gasteiger partial charge in [0, 0.05) is 0 Å². The van der Waals surface area contributed by atoms with E-state index in [0.29, 0.717) is 16.3 Å². The minimum absolute atomic E-state index is 0.299. The standard InChI is InChI=1S/C12H13ClO5/c1-16-9-5-4-7(6-8(9)13)10(11(14)17-2)12(15)18-3/h4-6,10H,1-3H3. The summed E-state index contributed by atoms with van der Waals surface area (Å²) in [7, 11) is 3.87. The summed E-state index contributed by atoms with van der Waals surface area (Å²) in [6, 6.07) is 4.60. The first-order valence-electron chi connectivity index (χ1n) is 5.04. The van der Waals surface area contributed by atoms with Crippen LogP contribution in [0.3, 0.4) is 0 Å². The van der Waals surface area contributed by atoms with Crippen LogP contribution in [0.1, 0.15) is 11.5 Å². The zero-order valence-corrected chi connectivity index (χ0v) is 11.0. The summed E-state index contributed by atoms with van der Waals surface area (Å²) >= 11 is 5.94. The summed E-state index contributed by atoms with van der Waals surface area (Å²) in [5.41, 5.74) is 0.388. The molecule has 0 radical (unpaired) electrons. The molecular weight excluding hydrogens is 260 g/mol. The predicted molar refractivity (Wildman–Crippen MR) is 64.8 cm³/mol. The number of methoxy groups -OCH3 is 3. The topological polar surface area (TPSA) is 61.8 Å². The summed E-state index contributed by atoms with van der Waals surface area (Å²) in [6.45, 7) is 0. The molecule has 0 aliphatic rings. The average Bonchev–Trinajstić information content (AvgIpc) is 2.38. The van der Waals surface area contributed by atoms with E-state index < -0.39 is 17.9 Å². The number of benzene rings is 1. The van der Waals surface area contributed by atoms with Crippen LogP contribution in [0.2, 0.25) is 5.02 Å². The van der Waals surface area contributed by atoms with Crippen molar-refractivity contribution in [3.8, 4) is 5.75 Å². The molecule has 0 heterocycles. The second-order valence-corrected chi connectivity index (χ2v) is 3.78. The fourth-order valence-corrected chi connectivity index (χ4v) is 1.73. The van der Waals surface area contributed by atoms with E-state index in [9.17, 15) is 9.59 Å². The lowest BCUT2D eigenvalue weighted by atomic mass is 9.99. The predicted octanol–water partition coefficient (Wildman–Crippen LogP) is 1.78. The van der Waals surface area contributed by atoms with Crippen molar-refractivity contribution >= 4 is 23.5 Å². The van der Waals surface area contributed by atoms with Crippen LogP contribution in [0.15, 0.2) is 18.2 Å². The largest absolute Gasteiger partial charge is 0.495 e. The van der Waals surface area contributed by atoms with Gasteiger partial charge in [-0.25, -0.2) is 0 Å². The summed E-state index contributed by atoms with van der Waals surface area (Å²) in [6.07, 6.45) is 0. The molecule has 0 atom stereocenters. The molecule has 1 aromatic rings. The maximum atomic E-state index is 11.6. The second kappa shape index (κ2) is 6.26. The van der Waals surface area contributed by atoms with Crippen LogP contribution < -0.4 is 4.74 Å². The van der Waals surface area contributed by atoms with Gasteiger partial charge in [-0.3, -0.25) is 9.59 Å². The number of esters is 2. The molecule has 0 N–H and O–H groups in total. The quantitative estimate of drug-likeness (QED) is 0.618.